The van der Waals surface area contributed by atoms with Crippen molar-refractivity contribution in [3.63, 3.8) is 0 Å². The minimum absolute atomic E-state index is 0.383. The van der Waals surface area contributed by atoms with E-state index >= 15 is 0 Å². The molecule has 5 heteroatoms. The Morgan fingerprint density at radius 3 is 2.04 bits per heavy atom. The number of ether oxygens (including phenoxy) is 4. The standard InChI is InChI=1S/C19H21NO4/c1-21-15-6-8-18(23-3)13(10-15)9-14(12-20)17-7-5-16(22-2)11-19(17)24-4/h5-8,10-11,14H,9H2,1-4H3. The summed E-state index contributed by atoms with van der Waals surface area (Å²) in [6.07, 6.45) is 0.486. The quantitative estimate of drug-likeness (QED) is 0.778. The molecule has 5 nitrogen and oxygen atoms in total. The zero-order valence-electron chi connectivity index (χ0n) is 14.3. The molecule has 2 rings (SSSR count). The first-order valence-electron chi connectivity index (χ1n) is 7.49. The van der Waals surface area contributed by atoms with Gasteiger partial charge in [0, 0.05) is 11.6 Å². The summed E-state index contributed by atoms with van der Waals surface area (Å²) in [6.45, 7) is 0. The number of rotatable bonds is 7. The Hall–Kier alpha value is -2.87. The van der Waals surface area contributed by atoms with E-state index in [9.17, 15) is 5.26 Å². The Kier molecular flexibility index (Phi) is 5.91. The lowest BCUT2D eigenvalue weighted by Gasteiger charge is -2.17. The van der Waals surface area contributed by atoms with Gasteiger partial charge in [0.2, 0.25) is 0 Å². The van der Waals surface area contributed by atoms with Crippen LogP contribution in [0.2, 0.25) is 0 Å². The van der Waals surface area contributed by atoms with Gasteiger partial charge < -0.3 is 18.9 Å². The molecule has 0 fully saturated rings. The van der Waals surface area contributed by atoms with Gasteiger partial charge in [0.05, 0.1) is 40.4 Å². The summed E-state index contributed by atoms with van der Waals surface area (Å²) in [5, 5.41) is 9.67. The van der Waals surface area contributed by atoms with Gasteiger partial charge in [0.1, 0.15) is 23.0 Å². The van der Waals surface area contributed by atoms with Crippen molar-refractivity contribution >= 4 is 0 Å². The molecule has 0 heterocycles. The molecule has 1 unspecified atom stereocenters. The highest BCUT2D eigenvalue weighted by atomic mass is 16.5. The third-order valence-corrected chi connectivity index (χ3v) is 3.88. The molecule has 0 saturated heterocycles. The molecule has 0 aliphatic heterocycles. The molecule has 0 bridgehead atoms. The smallest absolute Gasteiger partial charge is 0.127 e. The van der Waals surface area contributed by atoms with E-state index in [1.165, 1.54) is 0 Å². The van der Waals surface area contributed by atoms with Crippen LogP contribution in [-0.2, 0) is 6.42 Å². The molecule has 1 atom stereocenters. The van der Waals surface area contributed by atoms with Crippen molar-refractivity contribution in [1.82, 2.24) is 0 Å². The fraction of sp³-hybridized carbons (Fsp3) is 0.316. The first kappa shape index (κ1) is 17.5. The zero-order valence-corrected chi connectivity index (χ0v) is 14.3. The van der Waals surface area contributed by atoms with Gasteiger partial charge in [-0.2, -0.15) is 5.26 Å². The van der Waals surface area contributed by atoms with Crippen molar-refractivity contribution < 1.29 is 18.9 Å². The molecule has 24 heavy (non-hydrogen) atoms. The molecule has 0 amide bonds. The monoisotopic (exact) mass is 327 g/mol. The number of benzene rings is 2. The minimum Gasteiger partial charge on any atom is -0.497 e. The Morgan fingerprint density at radius 1 is 0.833 bits per heavy atom. The fourth-order valence-electron chi connectivity index (χ4n) is 2.59. The van der Waals surface area contributed by atoms with E-state index in [1.807, 2.05) is 30.3 Å². The van der Waals surface area contributed by atoms with E-state index in [0.717, 1.165) is 22.6 Å². The predicted octanol–water partition coefficient (Wildman–Crippen LogP) is 3.57. The van der Waals surface area contributed by atoms with Crippen molar-refractivity contribution in [2.45, 2.75) is 12.3 Å². The third kappa shape index (κ3) is 3.72. The van der Waals surface area contributed by atoms with Crippen LogP contribution in [0.3, 0.4) is 0 Å². The third-order valence-electron chi connectivity index (χ3n) is 3.88. The Bertz CT molecular complexity index is 737. The van der Waals surface area contributed by atoms with Gasteiger partial charge >= 0.3 is 0 Å². The van der Waals surface area contributed by atoms with E-state index in [-0.39, 0.29) is 5.92 Å². The summed E-state index contributed by atoms with van der Waals surface area (Å²) in [5.41, 5.74) is 1.71. The molecule has 126 valence electrons. The van der Waals surface area contributed by atoms with Crippen LogP contribution in [0.25, 0.3) is 0 Å². The lowest BCUT2D eigenvalue weighted by molar-refractivity contribution is 0.388. The van der Waals surface area contributed by atoms with Gasteiger partial charge in [-0.15, -0.1) is 0 Å². The highest BCUT2D eigenvalue weighted by Gasteiger charge is 2.19. The van der Waals surface area contributed by atoms with Crippen LogP contribution < -0.4 is 18.9 Å². The van der Waals surface area contributed by atoms with Crippen LogP contribution in [0.15, 0.2) is 36.4 Å². The molecular weight excluding hydrogens is 306 g/mol. The topological polar surface area (TPSA) is 60.7 Å². The molecular formula is C19H21NO4. The zero-order chi connectivity index (χ0) is 17.5. The molecule has 0 aliphatic carbocycles. The molecule has 0 N–H and O–H groups in total. The van der Waals surface area contributed by atoms with Crippen LogP contribution in [0, 0.1) is 11.3 Å². The Labute approximate surface area is 142 Å². The molecule has 0 aromatic heterocycles. The summed E-state index contributed by atoms with van der Waals surface area (Å²) in [6, 6.07) is 13.4. The van der Waals surface area contributed by atoms with E-state index in [1.54, 1.807) is 34.5 Å². The molecule has 0 spiro atoms. The van der Waals surface area contributed by atoms with Gasteiger partial charge in [-0.1, -0.05) is 6.07 Å². The number of methoxy groups -OCH3 is 4. The minimum atomic E-state index is -0.383. The van der Waals surface area contributed by atoms with E-state index in [4.69, 9.17) is 18.9 Å². The summed E-state index contributed by atoms with van der Waals surface area (Å²) in [4.78, 5) is 0. The maximum absolute atomic E-state index is 9.67. The molecule has 2 aromatic carbocycles. The van der Waals surface area contributed by atoms with Crippen molar-refractivity contribution in [3.05, 3.63) is 47.5 Å². The van der Waals surface area contributed by atoms with E-state index in [0.29, 0.717) is 17.9 Å². The van der Waals surface area contributed by atoms with Crippen LogP contribution in [0.1, 0.15) is 17.0 Å². The number of hydrogen-bond acceptors (Lipinski definition) is 5. The summed E-state index contributed by atoms with van der Waals surface area (Å²) in [7, 11) is 6.40. The molecule has 2 aromatic rings. The second-order valence-corrected chi connectivity index (χ2v) is 5.17. The Morgan fingerprint density at radius 2 is 1.46 bits per heavy atom. The van der Waals surface area contributed by atoms with Crippen LogP contribution >= 0.6 is 0 Å². The molecule has 0 radical (unpaired) electrons. The fourth-order valence-corrected chi connectivity index (χ4v) is 2.59. The van der Waals surface area contributed by atoms with Crippen molar-refractivity contribution in [2.24, 2.45) is 0 Å². The van der Waals surface area contributed by atoms with Crippen molar-refractivity contribution in [2.75, 3.05) is 28.4 Å². The average Bonchev–Trinajstić information content (AvgIpc) is 2.65. The summed E-state index contributed by atoms with van der Waals surface area (Å²) >= 11 is 0. The van der Waals surface area contributed by atoms with Gasteiger partial charge in [0.15, 0.2) is 0 Å². The SMILES string of the molecule is COc1ccc(OC)c(CC(C#N)c2ccc(OC)cc2OC)c1. The van der Waals surface area contributed by atoms with Gasteiger partial charge in [0.25, 0.3) is 0 Å². The lowest BCUT2D eigenvalue weighted by atomic mass is 9.92. The van der Waals surface area contributed by atoms with Crippen molar-refractivity contribution in [1.29, 1.82) is 5.26 Å². The highest BCUT2D eigenvalue weighted by Crippen LogP contribution is 2.35. The van der Waals surface area contributed by atoms with E-state index in [2.05, 4.69) is 6.07 Å². The predicted molar refractivity (Wildman–Crippen MR) is 91.2 cm³/mol. The number of nitriles is 1. The van der Waals surface area contributed by atoms with Crippen LogP contribution in [-0.4, -0.2) is 28.4 Å². The Balaban J connectivity index is 2.39. The van der Waals surface area contributed by atoms with Gasteiger partial charge in [-0.3, -0.25) is 0 Å². The second kappa shape index (κ2) is 8.11. The van der Waals surface area contributed by atoms with Gasteiger partial charge in [-0.25, -0.2) is 0 Å². The van der Waals surface area contributed by atoms with Crippen molar-refractivity contribution in [3.8, 4) is 29.1 Å². The maximum atomic E-state index is 9.67. The van der Waals surface area contributed by atoms with Crippen LogP contribution in [0.5, 0.6) is 23.0 Å². The second-order valence-electron chi connectivity index (χ2n) is 5.17. The first-order valence-corrected chi connectivity index (χ1v) is 7.49. The molecule has 0 aliphatic rings. The largest absolute Gasteiger partial charge is 0.497 e. The highest BCUT2D eigenvalue weighted by molar-refractivity contribution is 5.47. The van der Waals surface area contributed by atoms with E-state index < -0.39 is 0 Å². The lowest BCUT2D eigenvalue weighted by Crippen LogP contribution is -2.05. The average molecular weight is 327 g/mol. The van der Waals surface area contributed by atoms with Crippen LogP contribution in [0.4, 0.5) is 0 Å². The normalized spacial score (nSPS) is 11.3. The maximum Gasteiger partial charge on any atom is 0.127 e. The summed E-state index contributed by atoms with van der Waals surface area (Å²) < 4.78 is 21.3. The number of nitrogens with zero attached hydrogens (tertiary/aromatic N) is 1. The number of hydrogen-bond donors (Lipinski definition) is 0. The van der Waals surface area contributed by atoms with Gasteiger partial charge in [-0.05, 0) is 36.2 Å². The molecule has 0 saturated carbocycles. The summed E-state index contributed by atoms with van der Waals surface area (Å²) in [5.74, 6) is 2.38. The first-order chi connectivity index (χ1) is 11.7.